The summed E-state index contributed by atoms with van der Waals surface area (Å²) in [5.74, 6) is 0.550. The molecule has 1 aliphatic heterocycles. The van der Waals surface area contributed by atoms with Crippen LogP contribution >= 0.6 is 0 Å². The Labute approximate surface area is 123 Å². The summed E-state index contributed by atoms with van der Waals surface area (Å²) in [7, 11) is 1.15. The monoisotopic (exact) mass is 303 g/mol. The van der Waals surface area contributed by atoms with Gasteiger partial charge in [0, 0.05) is 37.5 Å². The van der Waals surface area contributed by atoms with E-state index in [1.165, 1.54) is 6.26 Å². The molecule has 0 aromatic rings. The Bertz CT molecular complexity index is 451. The first-order valence-corrected chi connectivity index (χ1v) is 9.48. The van der Waals surface area contributed by atoms with Gasteiger partial charge in [0.1, 0.15) is 0 Å². The number of rotatable bonds is 4. The van der Waals surface area contributed by atoms with Crippen molar-refractivity contribution in [1.29, 1.82) is 0 Å². The van der Waals surface area contributed by atoms with Crippen LogP contribution in [0.1, 0.15) is 26.2 Å². The lowest BCUT2D eigenvalue weighted by Gasteiger charge is -2.42. The molecule has 118 valence electrons. The molecule has 2 N–H and O–H groups in total. The smallest absolute Gasteiger partial charge is 0.152 e. The number of hydrogen-bond donors (Lipinski definition) is 1. The maximum absolute atomic E-state index is 12.2. The topological polar surface area (TPSA) is 66.6 Å². The van der Waals surface area contributed by atoms with Crippen LogP contribution in [0.15, 0.2) is 0 Å². The highest BCUT2D eigenvalue weighted by atomic mass is 32.2. The average molecular weight is 303 g/mol. The Kier molecular flexibility index (Phi) is 4.50. The summed E-state index contributed by atoms with van der Waals surface area (Å²) in [5, 5.41) is -0.298. The van der Waals surface area contributed by atoms with Crippen molar-refractivity contribution < 1.29 is 8.42 Å². The van der Waals surface area contributed by atoms with Gasteiger partial charge in [0.05, 0.1) is 5.25 Å². The molecule has 0 radical (unpaired) electrons. The quantitative estimate of drug-likeness (QED) is 0.801. The largest absolute Gasteiger partial charge is 0.329 e. The van der Waals surface area contributed by atoms with E-state index in [-0.39, 0.29) is 10.8 Å². The molecule has 0 bridgehead atoms. The third-order valence-corrected chi connectivity index (χ3v) is 7.12. The number of likely N-dealkylation sites (tertiary alicyclic amines) is 1. The maximum Gasteiger partial charge on any atom is 0.152 e. The molecule has 0 amide bonds. The lowest BCUT2D eigenvalue weighted by molar-refractivity contribution is 0.121. The van der Waals surface area contributed by atoms with Crippen molar-refractivity contribution in [2.45, 2.75) is 43.0 Å². The molecule has 2 aliphatic rings. The van der Waals surface area contributed by atoms with Crippen LogP contribution in [0.25, 0.3) is 0 Å². The highest BCUT2D eigenvalue weighted by Crippen LogP contribution is 2.41. The predicted octanol–water partition coefficient (Wildman–Crippen LogP) is 0.163. The average Bonchev–Trinajstić information content (AvgIpc) is 2.91. The van der Waals surface area contributed by atoms with E-state index in [2.05, 4.69) is 30.8 Å². The minimum Gasteiger partial charge on any atom is -0.329 e. The van der Waals surface area contributed by atoms with Crippen LogP contribution in [0.5, 0.6) is 0 Å². The van der Waals surface area contributed by atoms with E-state index in [9.17, 15) is 8.42 Å². The molecule has 1 saturated carbocycles. The van der Waals surface area contributed by atoms with Gasteiger partial charge in [-0.05, 0) is 32.9 Å². The summed E-state index contributed by atoms with van der Waals surface area (Å²) in [6.07, 6.45) is 4.00. The zero-order chi connectivity index (χ0) is 15.1. The second-order valence-electron chi connectivity index (χ2n) is 6.93. The fourth-order valence-electron chi connectivity index (χ4n) is 4.35. The fraction of sp³-hybridized carbons (Fsp3) is 1.00. The minimum atomic E-state index is -3.05. The lowest BCUT2D eigenvalue weighted by atomic mass is 9.95. The van der Waals surface area contributed by atoms with Gasteiger partial charge in [0.15, 0.2) is 9.84 Å². The van der Waals surface area contributed by atoms with E-state index < -0.39 is 9.84 Å². The van der Waals surface area contributed by atoms with Gasteiger partial charge in [-0.2, -0.15) is 0 Å². The first-order chi connectivity index (χ1) is 9.22. The molecule has 0 spiro atoms. The normalized spacial score (nSPS) is 39.8. The van der Waals surface area contributed by atoms with Crippen molar-refractivity contribution in [3.05, 3.63) is 0 Å². The van der Waals surface area contributed by atoms with E-state index in [1.807, 2.05) is 0 Å². The van der Waals surface area contributed by atoms with Crippen molar-refractivity contribution in [1.82, 2.24) is 9.80 Å². The Morgan fingerprint density at radius 3 is 2.45 bits per heavy atom. The molecule has 0 aromatic heterocycles. The number of nitrogens with zero attached hydrogens (tertiary/aromatic N) is 2. The first kappa shape index (κ1) is 16.2. The van der Waals surface area contributed by atoms with Gasteiger partial charge < -0.3 is 10.6 Å². The van der Waals surface area contributed by atoms with Crippen molar-refractivity contribution in [2.24, 2.45) is 11.7 Å². The van der Waals surface area contributed by atoms with Gasteiger partial charge in [-0.15, -0.1) is 0 Å². The Morgan fingerprint density at radius 1 is 1.35 bits per heavy atom. The van der Waals surface area contributed by atoms with Gasteiger partial charge in [-0.1, -0.05) is 13.3 Å². The van der Waals surface area contributed by atoms with Crippen molar-refractivity contribution >= 4 is 9.84 Å². The van der Waals surface area contributed by atoms with Crippen LogP contribution < -0.4 is 5.73 Å². The fourth-order valence-corrected chi connectivity index (χ4v) is 6.10. The molecule has 6 heteroatoms. The Morgan fingerprint density at radius 2 is 2.00 bits per heavy atom. The van der Waals surface area contributed by atoms with Gasteiger partial charge in [-0.25, -0.2) is 8.42 Å². The van der Waals surface area contributed by atoms with Gasteiger partial charge in [0.2, 0.25) is 0 Å². The molecule has 2 rings (SSSR count). The molecule has 1 saturated heterocycles. The molecular weight excluding hydrogens is 274 g/mol. The molecule has 20 heavy (non-hydrogen) atoms. The molecule has 1 aliphatic carbocycles. The number of sulfone groups is 1. The van der Waals surface area contributed by atoms with Crippen LogP contribution in [0.4, 0.5) is 0 Å². The Hall–Kier alpha value is -0.170. The highest BCUT2D eigenvalue weighted by Gasteiger charge is 2.53. The summed E-state index contributed by atoms with van der Waals surface area (Å²) >= 11 is 0. The third-order valence-electron chi connectivity index (χ3n) is 5.41. The highest BCUT2D eigenvalue weighted by molar-refractivity contribution is 7.91. The SMILES string of the molecule is CC1CN(C2(CN)CCCC2S(C)(=O)=O)CC1N(C)C. The van der Waals surface area contributed by atoms with Crippen LogP contribution in [0.3, 0.4) is 0 Å². The number of likely N-dealkylation sites (N-methyl/N-ethyl adjacent to an activating group) is 1. The zero-order valence-electron chi connectivity index (χ0n) is 13.2. The van der Waals surface area contributed by atoms with Crippen molar-refractivity contribution in [2.75, 3.05) is 40.0 Å². The van der Waals surface area contributed by atoms with Gasteiger partial charge >= 0.3 is 0 Å². The molecular formula is C14H29N3O2S. The van der Waals surface area contributed by atoms with Crippen LogP contribution in [-0.4, -0.2) is 75.0 Å². The van der Waals surface area contributed by atoms with Gasteiger partial charge in [-0.3, -0.25) is 4.90 Å². The molecule has 0 aromatic carbocycles. The van der Waals surface area contributed by atoms with Crippen LogP contribution in [-0.2, 0) is 9.84 Å². The third kappa shape index (κ3) is 2.63. The predicted molar refractivity (Wildman–Crippen MR) is 82.5 cm³/mol. The first-order valence-electron chi connectivity index (χ1n) is 7.53. The summed E-state index contributed by atoms with van der Waals surface area (Å²) in [6.45, 7) is 4.57. The van der Waals surface area contributed by atoms with E-state index in [4.69, 9.17) is 5.73 Å². The standard InChI is InChI=1S/C14H29N3O2S/c1-11-8-17(9-12(11)16(2)3)14(10-15)7-5-6-13(14)20(4,18)19/h11-13H,5-10,15H2,1-4H3. The van der Waals surface area contributed by atoms with E-state index in [0.717, 1.165) is 32.4 Å². The number of nitrogens with two attached hydrogens (primary N) is 1. The molecule has 1 heterocycles. The molecule has 4 unspecified atom stereocenters. The summed E-state index contributed by atoms with van der Waals surface area (Å²) < 4.78 is 24.3. The zero-order valence-corrected chi connectivity index (χ0v) is 14.0. The summed E-state index contributed by atoms with van der Waals surface area (Å²) in [6, 6.07) is 0.485. The summed E-state index contributed by atoms with van der Waals surface area (Å²) in [5.41, 5.74) is 5.74. The van der Waals surface area contributed by atoms with Crippen molar-refractivity contribution in [3.8, 4) is 0 Å². The van der Waals surface area contributed by atoms with E-state index in [0.29, 0.717) is 18.5 Å². The second-order valence-corrected chi connectivity index (χ2v) is 9.16. The van der Waals surface area contributed by atoms with E-state index in [1.54, 1.807) is 0 Å². The van der Waals surface area contributed by atoms with Crippen LogP contribution in [0.2, 0.25) is 0 Å². The minimum absolute atomic E-state index is 0.298. The molecule has 2 fully saturated rings. The van der Waals surface area contributed by atoms with Crippen LogP contribution in [0, 0.1) is 5.92 Å². The summed E-state index contributed by atoms with van der Waals surface area (Å²) in [4.78, 5) is 4.63. The van der Waals surface area contributed by atoms with E-state index >= 15 is 0 Å². The van der Waals surface area contributed by atoms with Crippen molar-refractivity contribution in [3.63, 3.8) is 0 Å². The number of hydrogen-bond acceptors (Lipinski definition) is 5. The van der Waals surface area contributed by atoms with Gasteiger partial charge in [0.25, 0.3) is 0 Å². The molecule has 5 nitrogen and oxygen atoms in total. The Balaban J connectivity index is 2.28. The second kappa shape index (κ2) is 5.55. The molecule has 4 atom stereocenters. The lowest BCUT2D eigenvalue weighted by Crippen LogP contribution is -2.60. The maximum atomic E-state index is 12.2.